The van der Waals surface area contributed by atoms with Gasteiger partial charge >= 0.3 is 6.09 Å². The molecule has 2 N–H and O–H groups in total. The molecule has 0 aliphatic heterocycles. The van der Waals surface area contributed by atoms with E-state index in [-0.39, 0.29) is 44.4 Å². The molecule has 2 aromatic rings. The average molecular weight is 595 g/mol. The van der Waals surface area contributed by atoms with Crippen LogP contribution < -0.4 is 10.8 Å². The van der Waals surface area contributed by atoms with Crippen molar-refractivity contribution in [3.8, 4) is 0 Å². The van der Waals surface area contributed by atoms with Crippen LogP contribution in [0, 0.1) is 11.8 Å². The van der Waals surface area contributed by atoms with Gasteiger partial charge in [-0.3, -0.25) is 19.2 Å². The largest absolute Gasteiger partial charge is 0.445 e. The van der Waals surface area contributed by atoms with Gasteiger partial charge in [-0.2, -0.15) is 0 Å². The van der Waals surface area contributed by atoms with Gasteiger partial charge in [0.25, 0.3) is 11.8 Å². The Kier molecular flexibility index (Phi) is 15.0. The lowest BCUT2D eigenvalue weighted by Crippen LogP contribution is -2.62. The van der Waals surface area contributed by atoms with Crippen LogP contribution in [0.15, 0.2) is 73.3 Å². The Bertz CT molecular complexity index is 1170. The van der Waals surface area contributed by atoms with Crippen molar-refractivity contribution in [1.82, 2.24) is 20.8 Å². The number of carbonyl (C=O) groups excluding carboxylic acids is 4. The van der Waals surface area contributed by atoms with Crippen molar-refractivity contribution in [2.45, 2.75) is 79.2 Å². The Hall–Kier alpha value is -4.18. The lowest BCUT2D eigenvalue weighted by atomic mass is 10.1. The summed E-state index contributed by atoms with van der Waals surface area (Å²) in [6.45, 7) is 13.4. The van der Waals surface area contributed by atoms with Crippen LogP contribution in [0.3, 0.4) is 0 Å². The standard InChI is InChI=1S/C33H46N4O6/c1-7-14-29(31(39)35-43-23-28-17-12-9-13-18-28)37(30(38)20-19-24(2)3)36(21-25(4)5)32(40)26(6)34-33(41)42-22-27-15-10-8-11-16-27/h7-13,15-18,24-26,29H,1,14,19-23H2,2-6H3,(H,34,41)(H,35,39)/t26-,29?/m1/s1. The van der Waals surface area contributed by atoms with Crippen molar-refractivity contribution < 1.29 is 28.8 Å². The molecule has 43 heavy (non-hydrogen) atoms. The molecule has 0 spiro atoms. The van der Waals surface area contributed by atoms with Crippen molar-refractivity contribution in [1.29, 1.82) is 0 Å². The second-order valence-corrected chi connectivity index (χ2v) is 11.2. The number of hydroxylamine groups is 1. The molecule has 0 fully saturated rings. The number of benzene rings is 2. The Morgan fingerprint density at radius 1 is 0.860 bits per heavy atom. The van der Waals surface area contributed by atoms with Gasteiger partial charge in [0.1, 0.15) is 18.7 Å². The Morgan fingerprint density at radius 3 is 1.98 bits per heavy atom. The molecule has 0 radical (unpaired) electrons. The minimum absolute atomic E-state index is 0.0354. The smallest absolute Gasteiger partial charge is 0.408 e. The van der Waals surface area contributed by atoms with Crippen LogP contribution in [0.5, 0.6) is 0 Å². The summed E-state index contributed by atoms with van der Waals surface area (Å²) in [4.78, 5) is 59.1. The zero-order chi connectivity index (χ0) is 31.8. The quantitative estimate of drug-likeness (QED) is 0.205. The monoisotopic (exact) mass is 594 g/mol. The first kappa shape index (κ1) is 35.0. The second kappa shape index (κ2) is 18.4. The van der Waals surface area contributed by atoms with Crippen LogP contribution in [0.2, 0.25) is 0 Å². The summed E-state index contributed by atoms with van der Waals surface area (Å²) in [6, 6.07) is 16.3. The van der Waals surface area contributed by atoms with Gasteiger partial charge < -0.3 is 10.1 Å². The van der Waals surface area contributed by atoms with Crippen LogP contribution in [0.1, 0.15) is 65.0 Å². The summed E-state index contributed by atoms with van der Waals surface area (Å²) in [7, 11) is 0. The molecule has 1 unspecified atom stereocenters. The third-order valence-corrected chi connectivity index (χ3v) is 6.40. The number of hydrazine groups is 1. The number of alkyl carbamates (subject to hydrolysis) is 1. The third-order valence-electron chi connectivity index (χ3n) is 6.40. The number of amides is 4. The maximum atomic E-state index is 13.9. The highest BCUT2D eigenvalue weighted by molar-refractivity contribution is 5.91. The van der Waals surface area contributed by atoms with Crippen molar-refractivity contribution in [3.63, 3.8) is 0 Å². The highest BCUT2D eigenvalue weighted by Crippen LogP contribution is 2.19. The molecule has 0 aliphatic carbocycles. The number of ether oxygens (including phenoxy) is 1. The van der Waals surface area contributed by atoms with E-state index in [1.807, 2.05) is 88.4 Å². The van der Waals surface area contributed by atoms with E-state index >= 15 is 0 Å². The minimum atomic E-state index is -1.12. The van der Waals surface area contributed by atoms with E-state index < -0.39 is 35.9 Å². The second-order valence-electron chi connectivity index (χ2n) is 11.2. The third kappa shape index (κ3) is 12.3. The molecule has 0 heterocycles. The van der Waals surface area contributed by atoms with Gasteiger partial charge in [-0.1, -0.05) is 94.4 Å². The van der Waals surface area contributed by atoms with Crippen LogP contribution in [0.4, 0.5) is 4.79 Å². The van der Waals surface area contributed by atoms with Crippen molar-refractivity contribution in [3.05, 3.63) is 84.4 Å². The van der Waals surface area contributed by atoms with E-state index in [4.69, 9.17) is 9.57 Å². The highest BCUT2D eigenvalue weighted by atomic mass is 16.7. The normalized spacial score (nSPS) is 12.3. The predicted molar refractivity (Wildman–Crippen MR) is 165 cm³/mol. The number of hydrogen-bond donors (Lipinski definition) is 2. The first-order chi connectivity index (χ1) is 20.5. The molecule has 0 saturated carbocycles. The molecule has 0 aromatic heterocycles. The van der Waals surface area contributed by atoms with Gasteiger partial charge in [0.2, 0.25) is 5.91 Å². The van der Waals surface area contributed by atoms with Crippen molar-refractivity contribution in [2.24, 2.45) is 11.8 Å². The molecule has 0 aliphatic rings. The molecule has 2 rings (SSSR count). The van der Waals surface area contributed by atoms with E-state index in [0.29, 0.717) is 6.42 Å². The van der Waals surface area contributed by atoms with Crippen LogP contribution in [-0.2, 0) is 37.2 Å². The fraction of sp³-hybridized carbons (Fsp3) is 0.455. The molecule has 4 amide bonds. The molecular weight excluding hydrogens is 548 g/mol. The molecule has 10 nitrogen and oxygen atoms in total. The maximum absolute atomic E-state index is 13.9. The van der Waals surface area contributed by atoms with E-state index in [0.717, 1.165) is 11.1 Å². The van der Waals surface area contributed by atoms with Gasteiger partial charge in [-0.15, -0.1) is 6.58 Å². The van der Waals surface area contributed by atoms with Crippen LogP contribution >= 0.6 is 0 Å². The lowest BCUT2D eigenvalue weighted by Gasteiger charge is -2.41. The Labute approximate surface area is 255 Å². The summed E-state index contributed by atoms with van der Waals surface area (Å²) >= 11 is 0. The zero-order valence-corrected chi connectivity index (χ0v) is 26.0. The highest BCUT2D eigenvalue weighted by Gasteiger charge is 2.38. The number of nitrogens with zero attached hydrogens (tertiary/aromatic N) is 2. The minimum Gasteiger partial charge on any atom is -0.445 e. The van der Waals surface area contributed by atoms with Gasteiger partial charge in [0.05, 0.1) is 6.61 Å². The molecule has 2 aromatic carbocycles. The fourth-order valence-corrected chi connectivity index (χ4v) is 4.17. The maximum Gasteiger partial charge on any atom is 0.408 e. The summed E-state index contributed by atoms with van der Waals surface area (Å²) in [6.07, 6.45) is 1.49. The van der Waals surface area contributed by atoms with Crippen molar-refractivity contribution in [2.75, 3.05) is 6.54 Å². The molecular formula is C33H46N4O6. The average Bonchev–Trinajstić information content (AvgIpc) is 2.98. The van der Waals surface area contributed by atoms with E-state index in [2.05, 4.69) is 17.4 Å². The molecule has 0 bridgehead atoms. The van der Waals surface area contributed by atoms with E-state index in [1.165, 1.54) is 23.0 Å². The summed E-state index contributed by atoms with van der Waals surface area (Å²) in [5, 5.41) is 5.04. The van der Waals surface area contributed by atoms with Crippen molar-refractivity contribution >= 4 is 23.8 Å². The van der Waals surface area contributed by atoms with Gasteiger partial charge in [0, 0.05) is 13.0 Å². The fourth-order valence-electron chi connectivity index (χ4n) is 4.17. The lowest BCUT2D eigenvalue weighted by molar-refractivity contribution is -0.177. The molecule has 10 heteroatoms. The summed E-state index contributed by atoms with van der Waals surface area (Å²) in [5.74, 6) is -1.40. The number of carbonyl (C=O) groups is 4. The van der Waals surface area contributed by atoms with Crippen LogP contribution in [0.25, 0.3) is 0 Å². The predicted octanol–water partition coefficient (Wildman–Crippen LogP) is 5.16. The SMILES string of the molecule is C=CCC(C(=O)NOCc1ccccc1)N(C(=O)CCC(C)C)N(CC(C)C)C(=O)[C@@H](C)NC(=O)OCc1ccccc1. The number of hydrogen-bond acceptors (Lipinski definition) is 6. The van der Waals surface area contributed by atoms with Gasteiger partial charge in [-0.25, -0.2) is 20.3 Å². The molecule has 2 atom stereocenters. The zero-order valence-electron chi connectivity index (χ0n) is 26.0. The molecule has 234 valence electrons. The topological polar surface area (TPSA) is 117 Å². The van der Waals surface area contributed by atoms with Gasteiger partial charge in [0.15, 0.2) is 0 Å². The summed E-state index contributed by atoms with van der Waals surface area (Å²) in [5.41, 5.74) is 4.10. The Morgan fingerprint density at radius 2 is 1.44 bits per heavy atom. The summed E-state index contributed by atoms with van der Waals surface area (Å²) < 4.78 is 5.29. The first-order valence-electron chi connectivity index (χ1n) is 14.7. The molecule has 0 saturated heterocycles. The first-order valence-corrected chi connectivity index (χ1v) is 14.7. The number of rotatable bonds is 16. The van der Waals surface area contributed by atoms with E-state index in [1.54, 1.807) is 0 Å². The van der Waals surface area contributed by atoms with Gasteiger partial charge in [-0.05, 0) is 42.7 Å². The van der Waals surface area contributed by atoms with Crippen LogP contribution in [-0.4, -0.2) is 52.5 Å². The number of nitrogens with one attached hydrogen (secondary N) is 2. The van der Waals surface area contributed by atoms with E-state index in [9.17, 15) is 19.2 Å². The Balaban J connectivity index is 2.28.